The summed E-state index contributed by atoms with van der Waals surface area (Å²) >= 11 is 0. The van der Waals surface area contributed by atoms with E-state index < -0.39 is 15.3 Å². The van der Waals surface area contributed by atoms with Crippen LogP contribution in [-0.4, -0.2) is 36.3 Å². The predicted octanol–water partition coefficient (Wildman–Crippen LogP) is 5.38. The van der Waals surface area contributed by atoms with Crippen molar-refractivity contribution in [2.75, 3.05) is 12.5 Å². The highest BCUT2D eigenvalue weighted by atomic mass is 32.2. The third-order valence-corrected chi connectivity index (χ3v) is 9.50. The quantitative estimate of drug-likeness (QED) is 0.237. The third kappa shape index (κ3) is 5.34. The van der Waals surface area contributed by atoms with Crippen molar-refractivity contribution < 1.29 is 22.7 Å². The Labute approximate surface area is 228 Å². The van der Waals surface area contributed by atoms with Crippen molar-refractivity contribution in [2.24, 2.45) is 0 Å². The zero-order valence-electron chi connectivity index (χ0n) is 21.6. The Morgan fingerprint density at radius 2 is 1.74 bits per heavy atom. The highest BCUT2D eigenvalue weighted by molar-refractivity contribution is 7.91. The van der Waals surface area contributed by atoms with Gasteiger partial charge in [-0.15, -0.1) is 0 Å². The number of carbonyl (C=O) groups is 1. The number of ether oxygens (including phenoxy) is 2. The van der Waals surface area contributed by atoms with Gasteiger partial charge in [-0.2, -0.15) is 0 Å². The van der Waals surface area contributed by atoms with Crippen LogP contribution in [0.1, 0.15) is 36.8 Å². The fourth-order valence-electron chi connectivity index (χ4n) is 5.24. The van der Waals surface area contributed by atoms with E-state index in [9.17, 15) is 13.2 Å². The van der Waals surface area contributed by atoms with Gasteiger partial charge in [-0.1, -0.05) is 42.5 Å². The maximum atomic E-state index is 13.4. The molecule has 0 bridgehead atoms. The molecular weight excluding hydrogens is 512 g/mol. The molecule has 1 saturated carbocycles. The number of hydrogen-bond donors (Lipinski definition) is 0. The molecule has 0 amide bonds. The van der Waals surface area contributed by atoms with Crippen LogP contribution < -0.4 is 9.47 Å². The largest absolute Gasteiger partial charge is 0.454 e. The lowest BCUT2D eigenvalue weighted by Gasteiger charge is -2.15. The first-order valence-corrected chi connectivity index (χ1v) is 14.9. The number of nitrogens with zero attached hydrogens (tertiary/aromatic N) is 2. The Bertz CT molecular complexity index is 1590. The van der Waals surface area contributed by atoms with Gasteiger partial charge in [-0.3, -0.25) is 4.79 Å². The van der Waals surface area contributed by atoms with E-state index in [2.05, 4.69) is 4.98 Å². The Hall–Kier alpha value is -3.91. The lowest BCUT2D eigenvalue weighted by Crippen LogP contribution is -2.22. The predicted molar refractivity (Wildman–Crippen MR) is 148 cm³/mol. The van der Waals surface area contributed by atoms with E-state index >= 15 is 0 Å². The van der Waals surface area contributed by atoms with Crippen molar-refractivity contribution in [3.63, 3.8) is 0 Å². The van der Waals surface area contributed by atoms with Crippen molar-refractivity contribution in [1.82, 2.24) is 9.55 Å². The van der Waals surface area contributed by atoms with Crippen LogP contribution in [0.3, 0.4) is 0 Å². The molecule has 1 aliphatic heterocycles. The van der Waals surface area contributed by atoms with E-state index in [1.165, 1.54) is 0 Å². The number of ketones is 1. The standard InChI is InChI=1S/C31H30N2O5S/c34-30(31(12-13-31)26-8-11-28-29(20-26)38-22-37-28)19-23-4-3-5-25(18-23)24-6-9-27(10-7-24)39(35,36)17-2-1-15-33-16-14-32-21-33/h3-11,14,16,18,20-21H,1-2,12-13,15,17,19,22H2. The van der Waals surface area contributed by atoms with Crippen molar-refractivity contribution in [2.45, 2.75) is 49.0 Å². The van der Waals surface area contributed by atoms with Gasteiger partial charge in [-0.25, -0.2) is 13.4 Å². The Balaban J connectivity index is 1.10. The van der Waals surface area contributed by atoms with Crippen LogP contribution in [0, 0.1) is 0 Å². The van der Waals surface area contributed by atoms with E-state index in [4.69, 9.17) is 9.47 Å². The van der Waals surface area contributed by atoms with Gasteiger partial charge in [0.2, 0.25) is 6.79 Å². The van der Waals surface area contributed by atoms with Crippen molar-refractivity contribution in [3.8, 4) is 22.6 Å². The van der Waals surface area contributed by atoms with Crippen molar-refractivity contribution >= 4 is 15.6 Å². The Kier molecular flexibility index (Phi) is 6.73. The molecule has 7 nitrogen and oxygen atoms in total. The minimum absolute atomic E-state index is 0.115. The topological polar surface area (TPSA) is 87.5 Å². The van der Waals surface area contributed by atoms with Crippen molar-refractivity contribution in [1.29, 1.82) is 0 Å². The molecule has 1 fully saturated rings. The molecule has 2 aliphatic rings. The molecule has 0 unspecified atom stereocenters. The fraction of sp³-hybridized carbons (Fsp3) is 0.290. The molecule has 8 heteroatoms. The number of aromatic nitrogens is 2. The minimum Gasteiger partial charge on any atom is -0.454 e. The van der Waals surface area contributed by atoms with Gasteiger partial charge in [0.05, 0.1) is 22.4 Å². The normalized spacial score (nSPS) is 15.3. The van der Waals surface area contributed by atoms with Gasteiger partial charge >= 0.3 is 0 Å². The zero-order chi connectivity index (χ0) is 26.9. The number of rotatable bonds is 11. The lowest BCUT2D eigenvalue weighted by atomic mass is 9.87. The number of sulfone groups is 1. The maximum absolute atomic E-state index is 13.4. The molecular formula is C31H30N2O5S. The number of fused-ring (bicyclic) bond motifs is 1. The summed E-state index contributed by atoms with van der Waals surface area (Å²) in [5, 5.41) is 0. The zero-order valence-corrected chi connectivity index (χ0v) is 22.4. The molecule has 2 heterocycles. The summed E-state index contributed by atoms with van der Waals surface area (Å²) in [4.78, 5) is 17.8. The van der Waals surface area contributed by atoms with Gasteiger partial charge in [0.25, 0.3) is 0 Å². The number of unbranched alkanes of at least 4 members (excludes halogenated alkanes) is 1. The number of benzene rings is 3. The van der Waals surface area contributed by atoms with Crippen LogP contribution in [0.15, 0.2) is 90.3 Å². The van der Waals surface area contributed by atoms with E-state index in [0.717, 1.165) is 53.8 Å². The SMILES string of the molecule is O=C(Cc1cccc(-c2ccc(S(=O)(=O)CCCCn3ccnc3)cc2)c1)C1(c2ccc3c(c2)OCO3)CC1. The number of hydrogen-bond acceptors (Lipinski definition) is 6. The van der Waals surface area contributed by atoms with Crippen LogP contribution in [-0.2, 0) is 33.0 Å². The fourth-order valence-corrected chi connectivity index (χ4v) is 6.61. The van der Waals surface area contributed by atoms with E-state index in [-0.39, 0.29) is 18.3 Å². The molecule has 3 aromatic carbocycles. The van der Waals surface area contributed by atoms with Crippen LogP contribution in [0.4, 0.5) is 0 Å². The summed E-state index contributed by atoms with van der Waals surface area (Å²) in [5.74, 6) is 1.74. The summed E-state index contributed by atoms with van der Waals surface area (Å²) in [6.07, 6.45) is 8.71. The monoisotopic (exact) mass is 542 g/mol. The first-order valence-electron chi connectivity index (χ1n) is 13.2. The van der Waals surface area contributed by atoms with E-state index in [0.29, 0.717) is 23.5 Å². The molecule has 4 aromatic rings. The summed E-state index contributed by atoms with van der Waals surface area (Å²) in [5.41, 5.74) is 3.36. The van der Waals surface area contributed by atoms with Gasteiger partial charge in [0.15, 0.2) is 21.3 Å². The van der Waals surface area contributed by atoms with E-state index in [1.54, 1.807) is 24.7 Å². The number of Topliss-reactive ketones (excluding diaryl/α,β-unsaturated/α-hetero) is 1. The second kappa shape index (κ2) is 10.3. The average Bonchev–Trinajstić information content (AvgIpc) is 3.35. The molecule has 1 aliphatic carbocycles. The smallest absolute Gasteiger partial charge is 0.231 e. The molecule has 0 N–H and O–H groups in total. The van der Waals surface area contributed by atoms with Crippen LogP contribution in [0.25, 0.3) is 11.1 Å². The van der Waals surface area contributed by atoms with Gasteiger partial charge in [-0.05, 0) is 72.2 Å². The highest BCUT2D eigenvalue weighted by Gasteiger charge is 2.50. The molecule has 6 rings (SSSR count). The van der Waals surface area contributed by atoms with Crippen LogP contribution in [0.2, 0.25) is 0 Å². The summed E-state index contributed by atoms with van der Waals surface area (Å²) in [6, 6.07) is 20.8. The highest BCUT2D eigenvalue weighted by Crippen LogP contribution is 2.51. The van der Waals surface area contributed by atoms with Crippen molar-refractivity contribution in [3.05, 3.63) is 96.6 Å². The van der Waals surface area contributed by atoms with E-state index in [1.807, 2.05) is 65.4 Å². The minimum atomic E-state index is -3.35. The Morgan fingerprint density at radius 3 is 2.51 bits per heavy atom. The molecule has 39 heavy (non-hydrogen) atoms. The summed E-state index contributed by atoms with van der Waals surface area (Å²) < 4.78 is 38.5. The van der Waals surface area contributed by atoms with Gasteiger partial charge in [0, 0.05) is 25.4 Å². The molecule has 0 atom stereocenters. The van der Waals surface area contributed by atoms with Crippen LogP contribution in [0.5, 0.6) is 11.5 Å². The first kappa shape index (κ1) is 25.4. The molecule has 0 radical (unpaired) electrons. The van der Waals surface area contributed by atoms with Crippen LogP contribution >= 0.6 is 0 Å². The van der Waals surface area contributed by atoms with Gasteiger partial charge < -0.3 is 14.0 Å². The lowest BCUT2D eigenvalue weighted by molar-refractivity contribution is -0.120. The third-order valence-electron chi connectivity index (χ3n) is 7.69. The molecule has 200 valence electrons. The molecule has 0 spiro atoms. The summed E-state index contributed by atoms with van der Waals surface area (Å²) in [7, 11) is -3.35. The summed E-state index contributed by atoms with van der Waals surface area (Å²) in [6.45, 7) is 0.970. The van der Waals surface area contributed by atoms with Gasteiger partial charge in [0.1, 0.15) is 5.78 Å². The number of aryl methyl sites for hydroxylation is 1. The second-order valence-corrected chi connectivity index (χ2v) is 12.4. The average molecular weight is 543 g/mol. The number of carbonyl (C=O) groups excluding carboxylic acids is 1. The second-order valence-electron chi connectivity index (χ2n) is 10.3. The molecule has 1 aromatic heterocycles. The molecule has 0 saturated heterocycles. The maximum Gasteiger partial charge on any atom is 0.231 e. The number of imidazole rings is 1. The Morgan fingerprint density at radius 1 is 0.923 bits per heavy atom. The first-order chi connectivity index (χ1) is 18.9.